The van der Waals surface area contributed by atoms with E-state index < -0.39 is 11.9 Å². The summed E-state index contributed by atoms with van der Waals surface area (Å²) in [6.45, 7) is 1.34. The monoisotopic (exact) mass is 285 g/mol. The third-order valence-electron chi connectivity index (χ3n) is 3.88. The molecule has 2 N–H and O–H groups in total. The Morgan fingerprint density at radius 1 is 1.24 bits per heavy atom. The van der Waals surface area contributed by atoms with Gasteiger partial charge < -0.3 is 10.4 Å². The van der Waals surface area contributed by atoms with Crippen LogP contribution in [-0.2, 0) is 6.42 Å². The summed E-state index contributed by atoms with van der Waals surface area (Å²) in [5.74, 6) is -0.885. The number of aliphatic hydroxyl groups is 1. The number of hydrogen-bond acceptors (Lipinski definition) is 3. The molecule has 2 aromatic rings. The van der Waals surface area contributed by atoms with Crippen LogP contribution in [0.25, 0.3) is 0 Å². The van der Waals surface area contributed by atoms with Gasteiger partial charge >= 0.3 is 0 Å². The van der Waals surface area contributed by atoms with Crippen LogP contribution in [-0.4, -0.2) is 17.0 Å². The molecule has 108 valence electrons. The fraction of sp³-hybridized carbons (Fsp3) is 0.235. The third-order valence-corrected chi connectivity index (χ3v) is 3.88. The molecule has 1 aliphatic carbocycles. The zero-order chi connectivity index (χ0) is 15.0. The lowest BCUT2D eigenvalue weighted by Crippen LogP contribution is -2.22. The molecule has 0 saturated heterocycles. The zero-order valence-corrected chi connectivity index (χ0v) is 11.6. The van der Waals surface area contributed by atoms with Gasteiger partial charge in [0, 0.05) is 12.1 Å². The highest BCUT2D eigenvalue weighted by Gasteiger charge is 2.31. The summed E-state index contributed by atoms with van der Waals surface area (Å²) in [5.41, 5.74) is 2.52. The Morgan fingerprint density at radius 3 is 2.76 bits per heavy atom. The van der Waals surface area contributed by atoms with Gasteiger partial charge in [-0.05, 0) is 30.2 Å². The lowest BCUT2D eigenvalue weighted by molar-refractivity contribution is 0.101. The summed E-state index contributed by atoms with van der Waals surface area (Å²) >= 11 is 0. The Bertz CT molecular complexity index is 699. The number of aliphatic hydroxyl groups excluding tert-OH is 1. The Morgan fingerprint density at radius 2 is 2.00 bits per heavy atom. The molecule has 1 aliphatic rings. The number of benzene rings is 2. The topological polar surface area (TPSA) is 49.3 Å². The molecule has 0 unspecified atom stereocenters. The first kappa shape index (κ1) is 13.8. The van der Waals surface area contributed by atoms with Crippen molar-refractivity contribution in [3.05, 3.63) is 65.0 Å². The average Bonchev–Trinajstić information content (AvgIpc) is 2.75. The number of rotatable bonds is 3. The van der Waals surface area contributed by atoms with E-state index in [0.29, 0.717) is 12.1 Å². The fourth-order valence-electron chi connectivity index (χ4n) is 2.92. The predicted molar refractivity (Wildman–Crippen MR) is 78.9 cm³/mol. The highest BCUT2D eigenvalue weighted by atomic mass is 19.1. The van der Waals surface area contributed by atoms with Crippen LogP contribution in [0.1, 0.15) is 34.5 Å². The Balaban J connectivity index is 1.98. The molecule has 0 radical (unpaired) electrons. The second kappa shape index (κ2) is 5.30. The van der Waals surface area contributed by atoms with Crippen molar-refractivity contribution in [2.75, 3.05) is 5.32 Å². The Kier molecular flexibility index (Phi) is 3.47. The highest BCUT2D eigenvalue weighted by Crippen LogP contribution is 2.35. The second-order valence-corrected chi connectivity index (χ2v) is 5.31. The van der Waals surface area contributed by atoms with Gasteiger partial charge in [0.1, 0.15) is 5.82 Å². The van der Waals surface area contributed by atoms with Crippen molar-refractivity contribution in [1.29, 1.82) is 0 Å². The van der Waals surface area contributed by atoms with Crippen molar-refractivity contribution in [2.45, 2.75) is 25.5 Å². The number of carbonyl (C=O) groups excluding carboxylic acids is 1. The summed E-state index contributed by atoms with van der Waals surface area (Å²) < 4.78 is 13.8. The van der Waals surface area contributed by atoms with Crippen molar-refractivity contribution >= 4 is 11.5 Å². The smallest absolute Gasteiger partial charge is 0.164 e. The zero-order valence-electron chi connectivity index (χ0n) is 11.6. The molecular formula is C17H16FNO2. The Hall–Kier alpha value is -2.20. The van der Waals surface area contributed by atoms with Crippen molar-refractivity contribution in [1.82, 2.24) is 0 Å². The number of Topliss-reactive ketones (excluding diaryl/α,β-unsaturated/α-hetero) is 1. The van der Waals surface area contributed by atoms with Gasteiger partial charge in [-0.1, -0.05) is 30.3 Å². The van der Waals surface area contributed by atoms with E-state index in [1.807, 2.05) is 24.3 Å². The van der Waals surface area contributed by atoms with Crippen LogP contribution in [0.15, 0.2) is 42.5 Å². The van der Waals surface area contributed by atoms with E-state index in [2.05, 4.69) is 5.32 Å². The molecule has 0 aromatic heterocycles. The van der Waals surface area contributed by atoms with Gasteiger partial charge in [-0.25, -0.2) is 4.39 Å². The summed E-state index contributed by atoms with van der Waals surface area (Å²) in [4.78, 5) is 11.6. The van der Waals surface area contributed by atoms with Crippen LogP contribution in [0.2, 0.25) is 0 Å². The molecule has 4 heteroatoms. The van der Waals surface area contributed by atoms with Crippen molar-refractivity contribution in [3.8, 4) is 0 Å². The molecule has 2 atom stereocenters. The summed E-state index contributed by atoms with van der Waals surface area (Å²) in [6.07, 6.45) is -0.0380. The minimum atomic E-state index is -0.592. The van der Waals surface area contributed by atoms with E-state index in [-0.39, 0.29) is 17.4 Å². The van der Waals surface area contributed by atoms with E-state index in [1.54, 1.807) is 12.1 Å². The largest absolute Gasteiger partial charge is 0.390 e. The summed E-state index contributed by atoms with van der Waals surface area (Å²) in [6, 6.07) is 11.9. The van der Waals surface area contributed by atoms with Crippen LogP contribution < -0.4 is 5.32 Å². The third kappa shape index (κ3) is 2.43. The number of nitrogens with one attached hydrogen (secondary N) is 1. The molecule has 3 nitrogen and oxygen atoms in total. The summed E-state index contributed by atoms with van der Waals surface area (Å²) in [5, 5.41) is 13.4. The second-order valence-electron chi connectivity index (χ2n) is 5.31. The molecule has 0 bridgehead atoms. The minimum Gasteiger partial charge on any atom is -0.390 e. The summed E-state index contributed by atoms with van der Waals surface area (Å²) in [7, 11) is 0. The number of halogens is 1. The quantitative estimate of drug-likeness (QED) is 0.852. The van der Waals surface area contributed by atoms with Gasteiger partial charge in [-0.15, -0.1) is 0 Å². The first-order valence-corrected chi connectivity index (χ1v) is 6.90. The van der Waals surface area contributed by atoms with Gasteiger partial charge in [-0.2, -0.15) is 0 Å². The molecule has 0 heterocycles. The van der Waals surface area contributed by atoms with E-state index in [4.69, 9.17) is 0 Å². The SMILES string of the molecule is CC(=O)c1c(F)cccc1N[C@H]1c2ccccc2C[C@H]1O. The molecular weight excluding hydrogens is 269 g/mol. The van der Waals surface area contributed by atoms with E-state index in [9.17, 15) is 14.3 Å². The molecule has 21 heavy (non-hydrogen) atoms. The number of carbonyl (C=O) groups is 1. The molecule has 0 aliphatic heterocycles. The number of hydrogen-bond donors (Lipinski definition) is 2. The first-order chi connectivity index (χ1) is 10.1. The van der Waals surface area contributed by atoms with Gasteiger partial charge in [0.25, 0.3) is 0 Å². The highest BCUT2D eigenvalue weighted by molar-refractivity contribution is 5.99. The normalized spacial score (nSPS) is 20.1. The lowest BCUT2D eigenvalue weighted by atomic mass is 10.0. The van der Waals surface area contributed by atoms with Crippen LogP contribution in [0.5, 0.6) is 0 Å². The van der Waals surface area contributed by atoms with Crippen LogP contribution in [0.4, 0.5) is 10.1 Å². The number of anilines is 1. The predicted octanol–water partition coefficient (Wildman–Crippen LogP) is 3.10. The first-order valence-electron chi connectivity index (χ1n) is 6.90. The van der Waals surface area contributed by atoms with E-state index >= 15 is 0 Å². The molecule has 0 amide bonds. The molecule has 3 rings (SSSR count). The van der Waals surface area contributed by atoms with Crippen LogP contribution in [0, 0.1) is 5.82 Å². The number of ketones is 1. The van der Waals surface area contributed by atoms with Gasteiger partial charge in [0.2, 0.25) is 0 Å². The molecule has 0 fully saturated rings. The maximum absolute atomic E-state index is 13.8. The molecule has 0 spiro atoms. The van der Waals surface area contributed by atoms with Crippen molar-refractivity contribution < 1.29 is 14.3 Å². The Labute approximate surface area is 122 Å². The minimum absolute atomic E-state index is 0.0362. The van der Waals surface area contributed by atoms with Gasteiger partial charge in [0.15, 0.2) is 5.78 Å². The van der Waals surface area contributed by atoms with E-state index in [1.165, 1.54) is 13.0 Å². The van der Waals surface area contributed by atoms with E-state index in [0.717, 1.165) is 11.1 Å². The average molecular weight is 285 g/mol. The van der Waals surface area contributed by atoms with Gasteiger partial charge in [0.05, 0.1) is 17.7 Å². The van der Waals surface area contributed by atoms with Crippen LogP contribution >= 0.6 is 0 Å². The van der Waals surface area contributed by atoms with Crippen molar-refractivity contribution in [3.63, 3.8) is 0 Å². The maximum Gasteiger partial charge on any atom is 0.164 e. The molecule has 0 saturated carbocycles. The standard InChI is InChI=1S/C17H16FNO2/c1-10(20)16-13(18)7-4-8-14(16)19-17-12-6-3-2-5-11(12)9-15(17)21/h2-8,15,17,19,21H,9H2,1H3/t15-,17+/m1/s1. The fourth-order valence-corrected chi connectivity index (χ4v) is 2.92. The maximum atomic E-state index is 13.8. The van der Waals surface area contributed by atoms with Gasteiger partial charge in [-0.3, -0.25) is 4.79 Å². The number of fused-ring (bicyclic) bond motifs is 1. The van der Waals surface area contributed by atoms with Crippen molar-refractivity contribution in [2.24, 2.45) is 0 Å². The van der Waals surface area contributed by atoms with Crippen LogP contribution in [0.3, 0.4) is 0 Å². The molecule has 2 aromatic carbocycles. The lowest BCUT2D eigenvalue weighted by Gasteiger charge is -2.21.